The molecule has 0 aliphatic heterocycles. The smallest absolute Gasteiger partial charge is 0.311 e. The van der Waals surface area contributed by atoms with Crippen LogP contribution in [-0.4, -0.2) is 23.5 Å². The minimum Gasteiger partial charge on any atom is -0.494 e. The van der Waals surface area contributed by atoms with Gasteiger partial charge in [-0.3, -0.25) is 9.59 Å². The number of ketones is 1. The predicted octanol–water partition coefficient (Wildman–Crippen LogP) is 3.41. The lowest BCUT2D eigenvalue weighted by atomic mass is 10.0. The zero-order chi connectivity index (χ0) is 15.2. The Kier molecular flexibility index (Phi) is 4.72. The van der Waals surface area contributed by atoms with Crippen LogP contribution >= 0.6 is 0 Å². The van der Waals surface area contributed by atoms with E-state index in [1.807, 2.05) is 31.2 Å². The van der Waals surface area contributed by atoms with Gasteiger partial charge in [0.2, 0.25) is 0 Å². The molecule has 2 aromatic rings. The zero-order valence-electron chi connectivity index (χ0n) is 11.7. The van der Waals surface area contributed by atoms with E-state index < -0.39 is 18.2 Å². The molecule has 0 spiro atoms. The van der Waals surface area contributed by atoms with E-state index in [-0.39, 0.29) is 0 Å². The molecule has 0 saturated carbocycles. The molecular weight excluding hydrogens is 268 g/mol. The minimum atomic E-state index is -1.12. The fourth-order valence-electron chi connectivity index (χ4n) is 2.02. The van der Waals surface area contributed by atoms with Crippen molar-refractivity contribution in [3.8, 4) is 16.9 Å². The van der Waals surface area contributed by atoms with Crippen LogP contribution in [0.1, 0.15) is 23.7 Å². The maximum Gasteiger partial charge on any atom is 0.311 e. The monoisotopic (exact) mass is 284 g/mol. The summed E-state index contributed by atoms with van der Waals surface area (Å²) in [5, 5.41) is 8.62. The highest BCUT2D eigenvalue weighted by Crippen LogP contribution is 2.24. The number of hydrogen-bond acceptors (Lipinski definition) is 3. The van der Waals surface area contributed by atoms with Gasteiger partial charge in [0.1, 0.15) is 12.2 Å². The SMILES string of the molecule is CCOc1cccc(-c2ccc(C(=O)CC(=O)O)cc2)c1. The first-order chi connectivity index (χ1) is 10.1. The highest BCUT2D eigenvalue weighted by molar-refractivity contribution is 6.05. The van der Waals surface area contributed by atoms with Crippen molar-refractivity contribution in [2.24, 2.45) is 0 Å². The van der Waals surface area contributed by atoms with E-state index in [4.69, 9.17) is 9.84 Å². The number of Topliss-reactive ketones (excluding diaryl/α,β-unsaturated/α-hetero) is 1. The third-order valence-corrected chi connectivity index (χ3v) is 3.00. The quantitative estimate of drug-likeness (QED) is 0.652. The molecule has 2 aromatic carbocycles. The highest BCUT2D eigenvalue weighted by atomic mass is 16.5. The van der Waals surface area contributed by atoms with Crippen LogP contribution in [0.5, 0.6) is 5.75 Å². The van der Waals surface area contributed by atoms with E-state index in [0.717, 1.165) is 16.9 Å². The molecule has 0 heterocycles. The molecule has 0 atom stereocenters. The molecule has 2 rings (SSSR count). The fraction of sp³-hybridized carbons (Fsp3) is 0.176. The maximum absolute atomic E-state index is 11.6. The van der Waals surface area contributed by atoms with Gasteiger partial charge in [-0.05, 0) is 30.2 Å². The van der Waals surface area contributed by atoms with Gasteiger partial charge < -0.3 is 9.84 Å². The second-order valence-corrected chi connectivity index (χ2v) is 4.53. The van der Waals surface area contributed by atoms with E-state index in [2.05, 4.69) is 0 Å². The number of carboxylic acids is 1. The molecular formula is C17H16O4. The van der Waals surface area contributed by atoms with Gasteiger partial charge in [0.05, 0.1) is 6.61 Å². The lowest BCUT2D eigenvalue weighted by molar-refractivity contribution is -0.135. The number of hydrogen-bond donors (Lipinski definition) is 1. The molecule has 0 aliphatic carbocycles. The predicted molar refractivity (Wildman–Crippen MR) is 79.6 cm³/mol. The summed E-state index contributed by atoms with van der Waals surface area (Å²) in [5.41, 5.74) is 2.34. The van der Waals surface area contributed by atoms with Crippen molar-refractivity contribution in [3.05, 3.63) is 54.1 Å². The molecule has 0 saturated heterocycles. The third-order valence-electron chi connectivity index (χ3n) is 3.00. The molecule has 0 aromatic heterocycles. The van der Waals surface area contributed by atoms with E-state index in [0.29, 0.717) is 12.2 Å². The summed E-state index contributed by atoms with van der Waals surface area (Å²) in [4.78, 5) is 22.2. The van der Waals surface area contributed by atoms with Gasteiger partial charge in [-0.1, -0.05) is 36.4 Å². The summed E-state index contributed by atoms with van der Waals surface area (Å²) in [6, 6.07) is 14.6. The van der Waals surface area contributed by atoms with Crippen molar-refractivity contribution >= 4 is 11.8 Å². The van der Waals surface area contributed by atoms with E-state index in [9.17, 15) is 9.59 Å². The molecule has 0 amide bonds. The Balaban J connectivity index is 2.20. The molecule has 1 N–H and O–H groups in total. The summed E-state index contributed by atoms with van der Waals surface area (Å²) >= 11 is 0. The molecule has 108 valence electrons. The first-order valence-electron chi connectivity index (χ1n) is 6.68. The number of benzene rings is 2. The van der Waals surface area contributed by atoms with Crippen molar-refractivity contribution in [1.29, 1.82) is 0 Å². The molecule has 0 fully saturated rings. The van der Waals surface area contributed by atoms with Crippen molar-refractivity contribution in [2.45, 2.75) is 13.3 Å². The number of ether oxygens (including phenoxy) is 1. The zero-order valence-corrected chi connectivity index (χ0v) is 11.7. The van der Waals surface area contributed by atoms with E-state index in [1.165, 1.54) is 0 Å². The summed E-state index contributed by atoms with van der Waals surface area (Å²) < 4.78 is 5.45. The lowest BCUT2D eigenvalue weighted by Gasteiger charge is -2.07. The van der Waals surface area contributed by atoms with Crippen molar-refractivity contribution in [1.82, 2.24) is 0 Å². The summed E-state index contributed by atoms with van der Waals surface area (Å²) in [7, 11) is 0. The Morgan fingerprint density at radius 2 is 1.76 bits per heavy atom. The Morgan fingerprint density at radius 1 is 1.05 bits per heavy atom. The van der Waals surface area contributed by atoms with Gasteiger partial charge in [-0.25, -0.2) is 0 Å². The lowest BCUT2D eigenvalue weighted by Crippen LogP contribution is -2.06. The Bertz CT molecular complexity index is 644. The third kappa shape index (κ3) is 3.92. The molecule has 0 radical (unpaired) electrons. The normalized spacial score (nSPS) is 10.1. The van der Waals surface area contributed by atoms with Gasteiger partial charge in [0.25, 0.3) is 0 Å². The van der Waals surface area contributed by atoms with Gasteiger partial charge >= 0.3 is 5.97 Å². The van der Waals surface area contributed by atoms with E-state index in [1.54, 1.807) is 24.3 Å². The van der Waals surface area contributed by atoms with Crippen molar-refractivity contribution in [2.75, 3.05) is 6.61 Å². The summed E-state index contributed by atoms with van der Waals surface area (Å²) in [6.07, 6.45) is -0.487. The standard InChI is InChI=1S/C17H16O4/c1-2-21-15-5-3-4-14(10-15)12-6-8-13(9-7-12)16(18)11-17(19)20/h3-10H,2,11H2,1H3,(H,19,20). The topological polar surface area (TPSA) is 63.6 Å². The van der Waals surface area contributed by atoms with Crippen LogP contribution < -0.4 is 4.74 Å². The number of carboxylic acid groups (broad SMARTS) is 1. The van der Waals surface area contributed by atoms with Gasteiger partial charge in [0, 0.05) is 5.56 Å². The van der Waals surface area contributed by atoms with Gasteiger partial charge in [0.15, 0.2) is 5.78 Å². The van der Waals surface area contributed by atoms with Gasteiger partial charge in [-0.2, -0.15) is 0 Å². The van der Waals surface area contributed by atoms with Crippen LogP contribution in [0.25, 0.3) is 11.1 Å². The number of aliphatic carboxylic acids is 1. The summed E-state index contributed by atoms with van der Waals surface area (Å²) in [5.74, 6) is -0.716. The van der Waals surface area contributed by atoms with Crippen LogP contribution in [-0.2, 0) is 4.79 Å². The Labute approximate surface area is 123 Å². The maximum atomic E-state index is 11.6. The Hall–Kier alpha value is -2.62. The Morgan fingerprint density at radius 3 is 2.38 bits per heavy atom. The molecule has 0 unspecified atom stereocenters. The number of rotatable bonds is 6. The van der Waals surface area contributed by atoms with Crippen molar-refractivity contribution in [3.63, 3.8) is 0 Å². The first-order valence-corrected chi connectivity index (χ1v) is 6.68. The number of carbonyl (C=O) groups is 2. The van der Waals surface area contributed by atoms with Crippen LogP contribution in [0.4, 0.5) is 0 Å². The van der Waals surface area contributed by atoms with Crippen LogP contribution in [0, 0.1) is 0 Å². The first kappa shape index (κ1) is 14.8. The van der Waals surface area contributed by atoms with Crippen molar-refractivity contribution < 1.29 is 19.4 Å². The van der Waals surface area contributed by atoms with Gasteiger partial charge in [-0.15, -0.1) is 0 Å². The van der Waals surface area contributed by atoms with Crippen LogP contribution in [0.2, 0.25) is 0 Å². The number of carbonyl (C=O) groups excluding carboxylic acids is 1. The summed E-state index contributed by atoms with van der Waals surface area (Å²) in [6.45, 7) is 2.53. The second-order valence-electron chi connectivity index (χ2n) is 4.53. The molecule has 4 nitrogen and oxygen atoms in total. The highest BCUT2D eigenvalue weighted by Gasteiger charge is 2.10. The fourth-order valence-corrected chi connectivity index (χ4v) is 2.02. The largest absolute Gasteiger partial charge is 0.494 e. The average molecular weight is 284 g/mol. The minimum absolute atomic E-state index is 0.392. The molecule has 0 bridgehead atoms. The van der Waals surface area contributed by atoms with Crippen LogP contribution in [0.3, 0.4) is 0 Å². The molecule has 0 aliphatic rings. The molecule has 4 heteroatoms. The molecule has 21 heavy (non-hydrogen) atoms. The second kappa shape index (κ2) is 6.70. The average Bonchev–Trinajstić information content (AvgIpc) is 2.47. The van der Waals surface area contributed by atoms with Crippen LogP contribution in [0.15, 0.2) is 48.5 Å². The van der Waals surface area contributed by atoms with E-state index >= 15 is 0 Å².